The smallest absolute Gasteiger partial charge is 0.306 e. The lowest BCUT2D eigenvalue weighted by Crippen LogP contribution is -2.07. The highest BCUT2D eigenvalue weighted by Gasteiger charge is 2.08. The van der Waals surface area contributed by atoms with Crippen LogP contribution in [0.5, 0.6) is 5.75 Å². The average molecular weight is 201 g/mol. The van der Waals surface area contributed by atoms with Crippen molar-refractivity contribution < 1.29 is 12.6 Å². The van der Waals surface area contributed by atoms with E-state index in [2.05, 4.69) is 0 Å². The van der Waals surface area contributed by atoms with E-state index in [1.807, 2.05) is 0 Å². The van der Waals surface area contributed by atoms with Crippen LogP contribution in [-0.2, 0) is 10.1 Å². The molecule has 13 heavy (non-hydrogen) atoms. The highest BCUT2D eigenvalue weighted by atomic mass is 32.2. The molecule has 1 aromatic carbocycles. The van der Waals surface area contributed by atoms with Crippen molar-refractivity contribution in [3.8, 4) is 5.75 Å². The second-order valence-corrected chi connectivity index (χ2v) is 4.33. The third kappa shape index (κ3) is 2.62. The van der Waals surface area contributed by atoms with Crippen LogP contribution in [0.4, 0.5) is 5.69 Å². The van der Waals surface area contributed by atoms with Crippen LogP contribution in [0.15, 0.2) is 18.2 Å². The molecule has 0 spiro atoms. The maximum atomic E-state index is 10.8. The van der Waals surface area contributed by atoms with Crippen molar-refractivity contribution in [1.29, 1.82) is 0 Å². The molecule has 0 radical (unpaired) electrons. The Labute approximate surface area is 77.4 Å². The first-order chi connectivity index (χ1) is 5.90. The van der Waals surface area contributed by atoms with E-state index >= 15 is 0 Å². The lowest BCUT2D eigenvalue weighted by Gasteiger charge is -2.07. The maximum Gasteiger partial charge on any atom is 0.306 e. The molecular weight excluding hydrogens is 190 g/mol. The second-order valence-electron chi connectivity index (χ2n) is 2.76. The lowest BCUT2D eigenvalue weighted by molar-refractivity contribution is 0.491. The largest absolute Gasteiger partial charge is 0.398 e. The van der Waals surface area contributed by atoms with Crippen molar-refractivity contribution in [3.05, 3.63) is 23.8 Å². The highest BCUT2D eigenvalue weighted by Crippen LogP contribution is 2.23. The monoisotopic (exact) mass is 201 g/mol. The van der Waals surface area contributed by atoms with E-state index in [4.69, 9.17) is 9.92 Å². The number of benzene rings is 1. The van der Waals surface area contributed by atoms with Gasteiger partial charge in [-0.3, -0.25) is 0 Å². The quantitative estimate of drug-likeness (QED) is 0.570. The van der Waals surface area contributed by atoms with Crippen LogP contribution in [0.25, 0.3) is 0 Å². The normalized spacial score (nSPS) is 11.2. The molecule has 0 saturated carbocycles. The number of nitrogens with two attached hydrogens (primary N) is 1. The molecule has 0 aliphatic carbocycles. The van der Waals surface area contributed by atoms with Crippen LogP contribution in [0, 0.1) is 6.92 Å². The van der Waals surface area contributed by atoms with Crippen molar-refractivity contribution in [2.45, 2.75) is 6.92 Å². The van der Waals surface area contributed by atoms with E-state index in [0.717, 1.165) is 6.26 Å². The first-order valence-corrected chi connectivity index (χ1v) is 5.46. The van der Waals surface area contributed by atoms with Crippen LogP contribution >= 0.6 is 0 Å². The van der Waals surface area contributed by atoms with Crippen molar-refractivity contribution in [2.24, 2.45) is 0 Å². The fourth-order valence-corrected chi connectivity index (χ4v) is 1.39. The van der Waals surface area contributed by atoms with Crippen LogP contribution in [-0.4, -0.2) is 14.7 Å². The SMILES string of the molecule is Cc1c(N)cccc1OS(C)(=O)=O. The number of hydrogen-bond acceptors (Lipinski definition) is 4. The fourth-order valence-electron chi connectivity index (χ4n) is 0.885. The minimum Gasteiger partial charge on any atom is -0.398 e. The molecule has 72 valence electrons. The molecule has 1 aromatic rings. The van der Waals surface area contributed by atoms with Gasteiger partial charge in [0, 0.05) is 11.3 Å². The van der Waals surface area contributed by atoms with Gasteiger partial charge in [0.05, 0.1) is 6.26 Å². The van der Waals surface area contributed by atoms with Crippen LogP contribution in [0.3, 0.4) is 0 Å². The predicted octanol–water partition coefficient (Wildman–Crippen LogP) is 0.916. The van der Waals surface area contributed by atoms with Crippen molar-refractivity contribution in [2.75, 3.05) is 12.0 Å². The summed E-state index contributed by atoms with van der Waals surface area (Å²) in [5, 5.41) is 0. The van der Waals surface area contributed by atoms with Gasteiger partial charge in [0.25, 0.3) is 0 Å². The van der Waals surface area contributed by atoms with Gasteiger partial charge in [0.1, 0.15) is 5.75 Å². The molecule has 0 saturated heterocycles. The van der Waals surface area contributed by atoms with E-state index < -0.39 is 10.1 Å². The Bertz CT molecular complexity index is 411. The van der Waals surface area contributed by atoms with E-state index in [1.54, 1.807) is 25.1 Å². The average Bonchev–Trinajstić information content (AvgIpc) is 1.96. The van der Waals surface area contributed by atoms with E-state index in [1.165, 1.54) is 0 Å². The molecule has 0 aliphatic heterocycles. The lowest BCUT2D eigenvalue weighted by atomic mass is 10.2. The summed E-state index contributed by atoms with van der Waals surface area (Å²) in [5.41, 5.74) is 6.71. The summed E-state index contributed by atoms with van der Waals surface area (Å²) in [6.07, 6.45) is 0.996. The highest BCUT2D eigenvalue weighted by molar-refractivity contribution is 7.86. The summed E-state index contributed by atoms with van der Waals surface area (Å²) in [6.45, 7) is 1.70. The number of hydrogen-bond donors (Lipinski definition) is 1. The van der Waals surface area contributed by atoms with Crippen LogP contribution < -0.4 is 9.92 Å². The molecule has 0 atom stereocenters. The first kappa shape index (κ1) is 9.85. The summed E-state index contributed by atoms with van der Waals surface area (Å²) >= 11 is 0. The van der Waals surface area contributed by atoms with Crippen molar-refractivity contribution in [3.63, 3.8) is 0 Å². The zero-order chi connectivity index (χ0) is 10.1. The maximum absolute atomic E-state index is 10.8. The third-order valence-corrected chi connectivity index (χ3v) is 2.05. The van der Waals surface area contributed by atoms with Gasteiger partial charge in [-0.25, -0.2) is 0 Å². The molecule has 0 aromatic heterocycles. The predicted molar refractivity (Wildman–Crippen MR) is 51.1 cm³/mol. The molecule has 5 heteroatoms. The second kappa shape index (κ2) is 3.26. The summed E-state index contributed by atoms with van der Waals surface area (Å²) in [4.78, 5) is 0. The fraction of sp³-hybridized carbons (Fsp3) is 0.250. The van der Waals surface area contributed by atoms with Gasteiger partial charge in [-0.1, -0.05) is 6.07 Å². The number of rotatable bonds is 2. The molecule has 0 fully saturated rings. The minimum atomic E-state index is -3.47. The summed E-state index contributed by atoms with van der Waals surface area (Å²) in [5.74, 6) is 0.280. The Balaban J connectivity index is 3.10. The van der Waals surface area contributed by atoms with Gasteiger partial charge in [-0.15, -0.1) is 0 Å². The molecule has 4 nitrogen and oxygen atoms in total. The Morgan fingerprint density at radius 2 is 2.00 bits per heavy atom. The molecule has 0 bridgehead atoms. The van der Waals surface area contributed by atoms with Crippen molar-refractivity contribution >= 4 is 15.8 Å². The third-order valence-electron chi connectivity index (χ3n) is 1.57. The Morgan fingerprint density at radius 1 is 1.38 bits per heavy atom. The molecule has 0 heterocycles. The summed E-state index contributed by atoms with van der Waals surface area (Å²) in [7, 11) is -3.47. The van der Waals surface area contributed by atoms with Crippen LogP contribution in [0.1, 0.15) is 5.56 Å². The zero-order valence-corrected chi connectivity index (χ0v) is 8.26. The number of anilines is 1. The zero-order valence-electron chi connectivity index (χ0n) is 7.44. The standard InChI is InChI=1S/C8H11NO3S/c1-6-7(9)4-3-5-8(6)12-13(2,10)11/h3-5H,9H2,1-2H3. The summed E-state index contributed by atoms with van der Waals surface area (Å²) < 4.78 is 26.3. The Hall–Kier alpha value is -1.23. The van der Waals surface area contributed by atoms with Crippen molar-refractivity contribution in [1.82, 2.24) is 0 Å². The molecular formula is C8H11NO3S. The van der Waals surface area contributed by atoms with E-state index in [0.29, 0.717) is 11.3 Å². The summed E-state index contributed by atoms with van der Waals surface area (Å²) in [6, 6.07) is 4.89. The molecule has 1 rings (SSSR count). The molecule has 0 aliphatic rings. The van der Waals surface area contributed by atoms with Gasteiger partial charge in [-0.2, -0.15) is 8.42 Å². The topological polar surface area (TPSA) is 69.4 Å². The van der Waals surface area contributed by atoms with Gasteiger partial charge in [-0.05, 0) is 19.1 Å². The Morgan fingerprint density at radius 3 is 2.54 bits per heavy atom. The Kier molecular flexibility index (Phi) is 2.47. The molecule has 0 amide bonds. The van der Waals surface area contributed by atoms with Gasteiger partial charge in [0.15, 0.2) is 0 Å². The molecule has 0 unspecified atom stereocenters. The van der Waals surface area contributed by atoms with Gasteiger partial charge >= 0.3 is 10.1 Å². The van der Waals surface area contributed by atoms with Gasteiger partial charge in [0.2, 0.25) is 0 Å². The van der Waals surface area contributed by atoms with E-state index in [-0.39, 0.29) is 5.75 Å². The molecule has 2 N–H and O–H groups in total. The first-order valence-electron chi connectivity index (χ1n) is 3.65. The van der Waals surface area contributed by atoms with Gasteiger partial charge < -0.3 is 9.92 Å². The minimum absolute atomic E-state index is 0.280. The number of nitrogen functional groups attached to an aromatic ring is 1. The van der Waals surface area contributed by atoms with E-state index in [9.17, 15) is 8.42 Å². The van der Waals surface area contributed by atoms with Crippen LogP contribution in [0.2, 0.25) is 0 Å².